The number of hydrogen-bond acceptors (Lipinski definition) is 4. The topological polar surface area (TPSA) is 58.4 Å². The maximum atomic E-state index is 12.7. The maximum Gasteiger partial charge on any atom is 0.231 e. The van der Waals surface area contributed by atoms with Crippen molar-refractivity contribution in [2.75, 3.05) is 18.4 Å². The number of aromatic nitrogens is 1. The molecule has 3 rings (SSSR count). The highest BCUT2D eigenvalue weighted by Gasteiger charge is 2.40. The monoisotopic (exact) mass is 313 g/mol. The smallest absolute Gasteiger partial charge is 0.231 e. The van der Waals surface area contributed by atoms with E-state index in [4.69, 9.17) is 4.42 Å². The lowest BCUT2D eigenvalue weighted by atomic mass is 9.88. The Labute approximate surface area is 136 Å². The second kappa shape index (κ2) is 6.16. The minimum atomic E-state index is -0.326. The van der Waals surface area contributed by atoms with Crippen LogP contribution in [0.5, 0.6) is 0 Å². The number of rotatable bonds is 4. The molecule has 5 nitrogen and oxygen atoms in total. The zero-order valence-corrected chi connectivity index (χ0v) is 13.9. The van der Waals surface area contributed by atoms with E-state index in [1.165, 1.54) is 6.39 Å². The van der Waals surface area contributed by atoms with Gasteiger partial charge in [-0.05, 0) is 58.0 Å². The zero-order chi connectivity index (χ0) is 16.4. The molecule has 1 N–H and O–H groups in total. The lowest BCUT2D eigenvalue weighted by Gasteiger charge is -2.25. The number of likely N-dealkylation sites (tertiary alicyclic amines) is 1. The molecule has 0 saturated carbocycles. The number of oxazole rings is 1. The number of benzene rings is 1. The first kappa shape index (κ1) is 15.7. The predicted octanol–water partition coefficient (Wildman–Crippen LogP) is 3.40. The lowest BCUT2D eigenvalue weighted by molar-refractivity contribution is -0.124. The van der Waals surface area contributed by atoms with Crippen LogP contribution in [0.1, 0.15) is 27.2 Å². The molecule has 122 valence electrons. The molecule has 1 unspecified atom stereocenters. The molecule has 1 aromatic heterocycles. The number of anilines is 1. The third-order valence-electron chi connectivity index (χ3n) is 4.64. The van der Waals surface area contributed by atoms with Gasteiger partial charge in [0.1, 0.15) is 0 Å². The minimum absolute atomic E-state index is 0.0908. The van der Waals surface area contributed by atoms with Crippen LogP contribution in [0, 0.1) is 5.41 Å². The van der Waals surface area contributed by atoms with E-state index in [1.54, 1.807) is 6.20 Å². The quantitative estimate of drug-likeness (QED) is 0.940. The summed E-state index contributed by atoms with van der Waals surface area (Å²) in [6.45, 7) is 8.18. The van der Waals surface area contributed by atoms with Gasteiger partial charge in [-0.3, -0.25) is 9.69 Å². The van der Waals surface area contributed by atoms with E-state index < -0.39 is 0 Å². The molecule has 1 amide bonds. The second-order valence-electron chi connectivity index (χ2n) is 6.77. The molecule has 1 aliphatic rings. The van der Waals surface area contributed by atoms with Crippen molar-refractivity contribution in [3.8, 4) is 11.3 Å². The first-order chi connectivity index (χ1) is 11.0. The van der Waals surface area contributed by atoms with Crippen LogP contribution in [0.4, 0.5) is 5.69 Å². The van der Waals surface area contributed by atoms with Crippen LogP contribution in [0.25, 0.3) is 11.3 Å². The van der Waals surface area contributed by atoms with Crippen LogP contribution < -0.4 is 5.32 Å². The number of nitrogens with one attached hydrogen (secondary N) is 1. The first-order valence-electron chi connectivity index (χ1n) is 8.02. The summed E-state index contributed by atoms with van der Waals surface area (Å²) < 4.78 is 5.27. The van der Waals surface area contributed by atoms with Gasteiger partial charge in [0, 0.05) is 23.8 Å². The van der Waals surface area contributed by atoms with Crippen molar-refractivity contribution in [3.63, 3.8) is 0 Å². The molecule has 0 radical (unpaired) electrons. The molecule has 5 heteroatoms. The highest BCUT2D eigenvalue weighted by atomic mass is 16.3. The second-order valence-corrected chi connectivity index (χ2v) is 6.77. The molecule has 2 aromatic rings. The SMILES string of the molecule is CC(C)N1CCC(C)(C(=O)Nc2ccc(-c3cnco3)cc2)C1. The van der Waals surface area contributed by atoms with E-state index >= 15 is 0 Å². The number of carbonyl (C=O) groups excluding carboxylic acids is 1. The molecule has 23 heavy (non-hydrogen) atoms. The van der Waals surface area contributed by atoms with Gasteiger partial charge < -0.3 is 9.73 Å². The van der Waals surface area contributed by atoms with E-state index in [9.17, 15) is 4.79 Å². The maximum absolute atomic E-state index is 12.7. The average molecular weight is 313 g/mol. The molecule has 1 fully saturated rings. The summed E-state index contributed by atoms with van der Waals surface area (Å²) in [6, 6.07) is 8.12. The van der Waals surface area contributed by atoms with Crippen LogP contribution >= 0.6 is 0 Å². The summed E-state index contributed by atoms with van der Waals surface area (Å²) in [4.78, 5) is 18.9. The van der Waals surface area contributed by atoms with Gasteiger partial charge in [-0.15, -0.1) is 0 Å². The van der Waals surface area contributed by atoms with Gasteiger partial charge >= 0.3 is 0 Å². The Morgan fingerprint density at radius 2 is 2.09 bits per heavy atom. The van der Waals surface area contributed by atoms with Crippen molar-refractivity contribution < 1.29 is 9.21 Å². The summed E-state index contributed by atoms with van der Waals surface area (Å²) in [6.07, 6.45) is 3.98. The van der Waals surface area contributed by atoms with Gasteiger partial charge in [0.25, 0.3) is 0 Å². The Hall–Kier alpha value is -2.14. The molecule has 2 heterocycles. The van der Waals surface area contributed by atoms with Crippen LogP contribution in [0.2, 0.25) is 0 Å². The molecular weight excluding hydrogens is 290 g/mol. The molecule has 1 aromatic carbocycles. The third-order valence-corrected chi connectivity index (χ3v) is 4.64. The standard InChI is InChI=1S/C18H23N3O2/c1-13(2)21-9-8-18(3,11-21)17(22)20-15-6-4-14(5-7-15)16-10-19-12-23-16/h4-7,10,12-13H,8-9,11H2,1-3H3,(H,20,22). The van der Waals surface area contributed by atoms with Crippen molar-refractivity contribution in [1.29, 1.82) is 0 Å². The summed E-state index contributed by atoms with van der Waals surface area (Å²) in [5.41, 5.74) is 1.43. The average Bonchev–Trinajstić information content (AvgIpc) is 3.18. The largest absolute Gasteiger partial charge is 0.444 e. The summed E-state index contributed by atoms with van der Waals surface area (Å²) in [5, 5.41) is 3.04. The fraction of sp³-hybridized carbons (Fsp3) is 0.444. The molecule has 0 spiro atoms. The zero-order valence-electron chi connectivity index (χ0n) is 13.9. The van der Waals surface area contributed by atoms with E-state index in [-0.39, 0.29) is 11.3 Å². The van der Waals surface area contributed by atoms with E-state index in [0.717, 1.165) is 36.5 Å². The Morgan fingerprint density at radius 1 is 1.35 bits per heavy atom. The van der Waals surface area contributed by atoms with Crippen LogP contribution in [0.3, 0.4) is 0 Å². The molecule has 1 aliphatic heterocycles. The highest BCUT2D eigenvalue weighted by Crippen LogP contribution is 2.32. The lowest BCUT2D eigenvalue weighted by Crippen LogP contribution is -2.38. The van der Waals surface area contributed by atoms with Gasteiger partial charge in [-0.25, -0.2) is 4.98 Å². The van der Waals surface area contributed by atoms with Crippen molar-refractivity contribution in [3.05, 3.63) is 36.9 Å². The molecule has 1 saturated heterocycles. The van der Waals surface area contributed by atoms with Gasteiger partial charge in [0.2, 0.25) is 5.91 Å². The van der Waals surface area contributed by atoms with Crippen molar-refractivity contribution >= 4 is 11.6 Å². The van der Waals surface area contributed by atoms with Gasteiger partial charge in [0.15, 0.2) is 12.2 Å². The summed E-state index contributed by atoms with van der Waals surface area (Å²) in [7, 11) is 0. The normalized spacial score (nSPS) is 21.7. The molecule has 0 aliphatic carbocycles. The van der Waals surface area contributed by atoms with Crippen molar-refractivity contribution in [1.82, 2.24) is 9.88 Å². The number of nitrogens with zero attached hydrogens (tertiary/aromatic N) is 2. The fourth-order valence-electron chi connectivity index (χ4n) is 2.98. The Balaban J connectivity index is 1.66. The van der Waals surface area contributed by atoms with E-state index in [0.29, 0.717) is 6.04 Å². The fourth-order valence-corrected chi connectivity index (χ4v) is 2.98. The van der Waals surface area contributed by atoms with Gasteiger partial charge in [0.05, 0.1) is 11.6 Å². The number of hydrogen-bond donors (Lipinski definition) is 1. The van der Waals surface area contributed by atoms with Gasteiger partial charge in [-0.2, -0.15) is 0 Å². The third kappa shape index (κ3) is 3.29. The molecular formula is C18H23N3O2. The summed E-state index contributed by atoms with van der Waals surface area (Å²) >= 11 is 0. The van der Waals surface area contributed by atoms with Crippen LogP contribution in [0.15, 0.2) is 41.3 Å². The van der Waals surface area contributed by atoms with Crippen LogP contribution in [-0.4, -0.2) is 34.9 Å². The number of carbonyl (C=O) groups is 1. The predicted molar refractivity (Wildman–Crippen MR) is 90.0 cm³/mol. The van der Waals surface area contributed by atoms with Crippen molar-refractivity contribution in [2.45, 2.75) is 33.2 Å². The van der Waals surface area contributed by atoms with E-state index in [1.807, 2.05) is 31.2 Å². The molecule has 1 atom stereocenters. The Morgan fingerprint density at radius 3 is 2.65 bits per heavy atom. The summed E-state index contributed by atoms with van der Waals surface area (Å²) in [5.74, 6) is 0.811. The minimum Gasteiger partial charge on any atom is -0.444 e. The van der Waals surface area contributed by atoms with Crippen molar-refractivity contribution in [2.24, 2.45) is 5.41 Å². The van der Waals surface area contributed by atoms with Gasteiger partial charge in [-0.1, -0.05) is 0 Å². The highest BCUT2D eigenvalue weighted by molar-refractivity contribution is 5.95. The number of amides is 1. The first-order valence-corrected chi connectivity index (χ1v) is 8.02. The Kier molecular flexibility index (Phi) is 4.22. The van der Waals surface area contributed by atoms with Crippen LogP contribution in [-0.2, 0) is 4.79 Å². The Bertz CT molecular complexity index is 664. The van der Waals surface area contributed by atoms with E-state index in [2.05, 4.69) is 29.0 Å². The molecule has 0 bridgehead atoms.